The summed E-state index contributed by atoms with van der Waals surface area (Å²) in [6.07, 6.45) is 16.7. The molecule has 0 fully saturated rings. The van der Waals surface area contributed by atoms with Gasteiger partial charge in [-0.15, -0.1) is 0 Å². The van der Waals surface area contributed by atoms with E-state index in [-0.39, 0.29) is 0 Å². The van der Waals surface area contributed by atoms with E-state index < -0.39 is 5.97 Å². The molecule has 1 aromatic rings. The number of carboxylic acid groups (broad SMARTS) is 1. The number of aromatic carboxylic acids is 1. The minimum atomic E-state index is -0.893. The second-order valence-corrected chi connectivity index (χ2v) is 4.88. The monoisotopic (exact) mass is 266 g/mol. The van der Waals surface area contributed by atoms with Gasteiger partial charge in [-0.25, -0.2) is 4.79 Å². The van der Waals surface area contributed by atoms with Gasteiger partial charge in [-0.2, -0.15) is 0 Å². The van der Waals surface area contributed by atoms with Gasteiger partial charge in [0, 0.05) is 5.92 Å². The fraction of sp³-hybridized carbons (Fsp3) is 0.167. The molecule has 1 aliphatic carbocycles. The largest absolute Gasteiger partial charge is 0.478 e. The lowest BCUT2D eigenvalue weighted by molar-refractivity contribution is 0.0697. The van der Waals surface area contributed by atoms with E-state index in [1.165, 1.54) is 0 Å². The molecule has 20 heavy (non-hydrogen) atoms. The second-order valence-electron chi connectivity index (χ2n) is 4.88. The Bertz CT molecular complexity index is 558. The van der Waals surface area contributed by atoms with Gasteiger partial charge in [-0.1, -0.05) is 67.7 Å². The van der Waals surface area contributed by atoms with Gasteiger partial charge in [-0.3, -0.25) is 0 Å². The normalized spacial score (nSPS) is 16.4. The van der Waals surface area contributed by atoms with Crippen molar-refractivity contribution in [3.05, 3.63) is 77.9 Å². The maximum atomic E-state index is 10.8. The Balaban J connectivity index is 2.03. The van der Waals surface area contributed by atoms with Crippen LogP contribution in [0.4, 0.5) is 0 Å². The SMILES string of the molecule is CC(C=Cc1ccc(C(=O)O)cc1)C1C=CC=CC=C1. The van der Waals surface area contributed by atoms with Crippen molar-refractivity contribution in [2.45, 2.75) is 6.92 Å². The summed E-state index contributed by atoms with van der Waals surface area (Å²) in [6, 6.07) is 6.91. The van der Waals surface area contributed by atoms with E-state index >= 15 is 0 Å². The van der Waals surface area contributed by atoms with Crippen LogP contribution in [0.25, 0.3) is 6.08 Å². The molecule has 2 nitrogen and oxygen atoms in total. The van der Waals surface area contributed by atoms with Gasteiger partial charge in [0.25, 0.3) is 0 Å². The van der Waals surface area contributed by atoms with Crippen molar-refractivity contribution in [3.63, 3.8) is 0 Å². The van der Waals surface area contributed by atoms with Gasteiger partial charge in [0.15, 0.2) is 0 Å². The molecule has 0 aromatic heterocycles. The third-order valence-electron chi connectivity index (χ3n) is 3.36. The molecule has 1 unspecified atom stereocenters. The van der Waals surface area contributed by atoms with Crippen molar-refractivity contribution in [2.24, 2.45) is 11.8 Å². The van der Waals surface area contributed by atoms with E-state index in [0.717, 1.165) is 5.56 Å². The molecule has 1 N–H and O–H groups in total. The number of carbonyl (C=O) groups is 1. The van der Waals surface area contributed by atoms with Crippen LogP contribution < -0.4 is 0 Å². The summed E-state index contributed by atoms with van der Waals surface area (Å²) in [5.74, 6) is -0.115. The molecule has 0 saturated carbocycles. The first-order valence-electron chi connectivity index (χ1n) is 6.70. The smallest absolute Gasteiger partial charge is 0.335 e. The van der Waals surface area contributed by atoms with Gasteiger partial charge < -0.3 is 5.11 Å². The molecule has 1 atom stereocenters. The van der Waals surface area contributed by atoms with Crippen molar-refractivity contribution in [2.75, 3.05) is 0 Å². The Morgan fingerprint density at radius 2 is 1.70 bits per heavy atom. The first-order valence-corrected chi connectivity index (χ1v) is 6.70. The van der Waals surface area contributed by atoms with Crippen molar-refractivity contribution >= 4 is 12.0 Å². The molecule has 2 rings (SSSR count). The lowest BCUT2D eigenvalue weighted by Gasteiger charge is -2.12. The summed E-state index contributed by atoms with van der Waals surface area (Å²) < 4.78 is 0. The van der Waals surface area contributed by atoms with E-state index in [4.69, 9.17) is 5.11 Å². The topological polar surface area (TPSA) is 37.3 Å². The number of carboxylic acids is 1. The quantitative estimate of drug-likeness (QED) is 0.880. The zero-order valence-electron chi connectivity index (χ0n) is 11.4. The molecule has 2 heteroatoms. The van der Waals surface area contributed by atoms with Crippen LogP contribution in [-0.2, 0) is 0 Å². The van der Waals surface area contributed by atoms with E-state index in [1.807, 2.05) is 30.4 Å². The van der Waals surface area contributed by atoms with Crippen molar-refractivity contribution in [1.29, 1.82) is 0 Å². The maximum absolute atomic E-state index is 10.8. The molecule has 0 aliphatic heterocycles. The number of allylic oxidation sites excluding steroid dienone is 7. The van der Waals surface area contributed by atoms with Crippen LogP contribution in [0.15, 0.2) is 66.8 Å². The highest BCUT2D eigenvalue weighted by atomic mass is 16.4. The van der Waals surface area contributed by atoms with Gasteiger partial charge in [-0.05, 0) is 23.6 Å². The Morgan fingerprint density at radius 3 is 2.25 bits per heavy atom. The highest BCUT2D eigenvalue weighted by molar-refractivity contribution is 5.87. The van der Waals surface area contributed by atoms with Crippen molar-refractivity contribution < 1.29 is 9.90 Å². The van der Waals surface area contributed by atoms with E-state index in [2.05, 4.69) is 37.3 Å². The van der Waals surface area contributed by atoms with Crippen molar-refractivity contribution in [3.8, 4) is 0 Å². The fourth-order valence-corrected chi connectivity index (χ4v) is 2.06. The summed E-state index contributed by atoms with van der Waals surface area (Å²) in [5, 5.41) is 8.85. The molecular formula is C18H18O2. The first kappa shape index (κ1) is 14.1. The lowest BCUT2D eigenvalue weighted by Crippen LogP contribution is -2.02. The van der Waals surface area contributed by atoms with E-state index in [9.17, 15) is 4.79 Å². The Morgan fingerprint density at radius 1 is 1.10 bits per heavy atom. The molecule has 102 valence electrons. The molecule has 0 saturated heterocycles. The molecule has 0 amide bonds. The van der Waals surface area contributed by atoms with E-state index in [0.29, 0.717) is 17.4 Å². The highest BCUT2D eigenvalue weighted by Crippen LogP contribution is 2.19. The third-order valence-corrected chi connectivity index (χ3v) is 3.36. The summed E-state index contributed by atoms with van der Waals surface area (Å²) in [7, 11) is 0. The minimum absolute atomic E-state index is 0.316. The lowest BCUT2D eigenvalue weighted by atomic mass is 9.92. The highest BCUT2D eigenvalue weighted by Gasteiger charge is 2.08. The average molecular weight is 266 g/mol. The van der Waals surface area contributed by atoms with Crippen LogP contribution in [0.1, 0.15) is 22.8 Å². The number of hydrogen-bond donors (Lipinski definition) is 1. The average Bonchev–Trinajstić information content (AvgIpc) is 2.74. The van der Waals surface area contributed by atoms with Crippen LogP contribution in [0.2, 0.25) is 0 Å². The first-order chi connectivity index (χ1) is 9.66. The molecule has 0 heterocycles. The zero-order chi connectivity index (χ0) is 14.4. The van der Waals surface area contributed by atoms with E-state index in [1.54, 1.807) is 12.1 Å². The predicted molar refractivity (Wildman–Crippen MR) is 82.5 cm³/mol. The minimum Gasteiger partial charge on any atom is -0.478 e. The number of hydrogen-bond acceptors (Lipinski definition) is 1. The number of benzene rings is 1. The third kappa shape index (κ3) is 3.82. The molecular weight excluding hydrogens is 248 g/mol. The predicted octanol–water partition coefficient (Wildman–Crippen LogP) is 4.33. The van der Waals surface area contributed by atoms with Gasteiger partial charge in [0.2, 0.25) is 0 Å². The van der Waals surface area contributed by atoms with Gasteiger partial charge in [0.05, 0.1) is 5.56 Å². The fourth-order valence-electron chi connectivity index (χ4n) is 2.06. The van der Waals surface area contributed by atoms with Gasteiger partial charge in [0.1, 0.15) is 0 Å². The summed E-state index contributed by atoms with van der Waals surface area (Å²) in [5.41, 5.74) is 1.33. The molecule has 0 bridgehead atoms. The standard InChI is InChI=1S/C18H18O2/c1-14(16-6-4-2-3-5-7-16)8-9-15-10-12-17(13-11-15)18(19)20/h2-14,16H,1H3,(H,19,20). The Labute approximate surface area is 119 Å². The van der Waals surface area contributed by atoms with Crippen LogP contribution >= 0.6 is 0 Å². The molecule has 0 radical (unpaired) electrons. The van der Waals surface area contributed by atoms with Crippen LogP contribution in [0, 0.1) is 11.8 Å². The maximum Gasteiger partial charge on any atom is 0.335 e. The zero-order valence-corrected chi connectivity index (χ0v) is 11.4. The summed E-state index contributed by atoms with van der Waals surface area (Å²) in [6.45, 7) is 2.17. The second kappa shape index (κ2) is 6.71. The van der Waals surface area contributed by atoms with Gasteiger partial charge >= 0.3 is 5.97 Å². The Kier molecular flexibility index (Phi) is 4.72. The molecule has 1 aliphatic rings. The van der Waals surface area contributed by atoms with Crippen LogP contribution in [-0.4, -0.2) is 11.1 Å². The summed E-state index contributed by atoms with van der Waals surface area (Å²) >= 11 is 0. The van der Waals surface area contributed by atoms with Crippen molar-refractivity contribution in [1.82, 2.24) is 0 Å². The summed E-state index contributed by atoms with van der Waals surface area (Å²) in [4.78, 5) is 10.8. The van der Waals surface area contributed by atoms with Crippen LogP contribution in [0.5, 0.6) is 0 Å². The van der Waals surface area contributed by atoms with Crippen LogP contribution in [0.3, 0.4) is 0 Å². The molecule has 1 aromatic carbocycles. The molecule has 0 spiro atoms. The Hall–Kier alpha value is -2.35. The number of rotatable bonds is 4.